The van der Waals surface area contributed by atoms with E-state index in [9.17, 15) is 0 Å². The van der Waals surface area contributed by atoms with Gasteiger partial charge in [0.15, 0.2) is 0 Å². The summed E-state index contributed by atoms with van der Waals surface area (Å²) in [5.41, 5.74) is 9.54. The van der Waals surface area contributed by atoms with E-state index in [2.05, 4.69) is 12.1 Å². The topological polar surface area (TPSA) is 75.5 Å². The predicted molar refractivity (Wildman–Crippen MR) is 64.5 cm³/mol. The molecule has 16 heavy (non-hydrogen) atoms. The lowest BCUT2D eigenvalue weighted by molar-refractivity contribution is 0.329. The van der Waals surface area contributed by atoms with Gasteiger partial charge in [0.05, 0.1) is 18.0 Å². The summed E-state index contributed by atoms with van der Waals surface area (Å²) in [4.78, 5) is 0. The monoisotopic (exact) mass is 219 g/mol. The van der Waals surface area contributed by atoms with Crippen molar-refractivity contribution in [3.05, 3.63) is 41.2 Å². The van der Waals surface area contributed by atoms with E-state index in [1.54, 1.807) is 0 Å². The fraction of sp³-hybridized carbons (Fsp3) is 0.333. The highest BCUT2D eigenvalue weighted by molar-refractivity contribution is 5.53. The van der Waals surface area contributed by atoms with Crippen molar-refractivity contribution in [1.29, 1.82) is 0 Å². The van der Waals surface area contributed by atoms with Gasteiger partial charge < -0.3 is 10.8 Å². The first-order chi connectivity index (χ1) is 7.70. The van der Waals surface area contributed by atoms with Crippen LogP contribution in [0.1, 0.15) is 17.5 Å². The normalized spacial score (nSPS) is 15.0. The Kier molecular flexibility index (Phi) is 3.12. The lowest BCUT2D eigenvalue weighted by atomic mass is 10.1. The number of benzene rings is 1. The molecule has 1 aromatic carbocycles. The first-order valence-electron chi connectivity index (χ1n) is 5.43. The SMILES string of the molecule is N/C(=C\N(N)c1ccc2c(c1)CCC2)CO. The molecule has 86 valence electrons. The molecule has 0 spiro atoms. The molecule has 0 amide bonds. The van der Waals surface area contributed by atoms with Crippen molar-refractivity contribution in [2.75, 3.05) is 11.6 Å². The molecule has 1 aliphatic rings. The van der Waals surface area contributed by atoms with Crippen LogP contribution in [0.5, 0.6) is 0 Å². The molecule has 1 aliphatic carbocycles. The van der Waals surface area contributed by atoms with Crippen LogP contribution in [0.3, 0.4) is 0 Å². The zero-order valence-corrected chi connectivity index (χ0v) is 9.19. The van der Waals surface area contributed by atoms with Gasteiger partial charge >= 0.3 is 0 Å². The Morgan fingerprint density at radius 2 is 2.12 bits per heavy atom. The summed E-state index contributed by atoms with van der Waals surface area (Å²) < 4.78 is 0. The third-order valence-electron chi connectivity index (χ3n) is 2.87. The molecule has 4 heteroatoms. The number of hydrogen-bond donors (Lipinski definition) is 3. The molecule has 0 atom stereocenters. The highest BCUT2D eigenvalue weighted by Crippen LogP contribution is 2.26. The zero-order chi connectivity index (χ0) is 11.5. The van der Waals surface area contributed by atoms with Crippen LogP contribution in [-0.2, 0) is 12.8 Å². The minimum atomic E-state index is -0.182. The summed E-state index contributed by atoms with van der Waals surface area (Å²) in [5, 5.41) is 10.3. The molecule has 4 nitrogen and oxygen atoms in total. The average molecular weight is 219 g/mol. The van der Waals surface area contributed by atoms with Crippen molar-refractivity contribution < 1.29 is 5.11 Å². The number of fused-ring (bicyclic) bond motifs is 1. The van der Waals surface area contributed by atoms with E-state index in [0.717, 1.165) is 18.5 Å². The van der Waals surface area contributed by atoms with Crippen LogP contribution in [0.4, 0.5) is 5.69 Å². The number of nitrogens with two attached hydrogens (primary N) is 2. The number of nitrogens with zero attached hydrogens (tertiary/aromatic N) is 1. The molecule has 2 rings (SSSR count). The van der Waals surface area contributed by atoms with Crippen molar-refractivity contribution in [3.63, 3.8) is 0 Å². The number of aryl methyl sites for hydroxylation is 2. The van der Waals surface area contributed by atoms with Crippen molar-refractivity contribution in [2.45, 2.75) is 19.3 Å². The number of hydrazine groups is 1. The quantitative estimate of drug-likeness (QED) is 0.515. The van der Waals surface area contributed by atoms with Crippen molar-refractivity contribution in [2.24, 2.45) is 11.6 Å². The van der Waals surface area contributed by atoms with E-state index in [4.69, 9.17) is 16.7 Å². The Morgan fingerprint density at radius 3 is 2.88 bits per heavy atom. The standard InChI is InChI=1S/C12H17N3O/c13-11(8-16)7-15(14)12-5-4-9-2-1-3-10(9)6-12/h4-7,16H,1-3,8,13-14H2/b11-7-. The van der Waals surface area contributed by atoms with Gasteiger partial charge in [0.1, 0.15) is 0 Å². The summed E-state index contributed by atoms with van der Waals surface area (Å²) in [6.07, 6.45) is 5.04. The Morgan fingerprint density at radius 1 is 1.38 bits per heavy atom. The first kappa shape index (κ1) is 11.0. The Balaban J connectivity index is 2.21. The third kappa shape index (κ3) is 2.18. The van der Waals surface area contributed by atoms with Crippen LogP contribution >= 0.6 is 0 Å². The molecule has 0 saturated carbocycles. The summed E-state index contributed by atoms with van der Waals surface area (Å²) in [6, 6.07) is 6.18. The van der Waals surface area contributed by atoms with E-state index in [0.29, 0.717) is 5.70 Å². The van der Waals surface area contributed by atoms with E-state index >= 15 is 0 Å². The minimum absolute atomic E-state index is 0.182. The van der Waals surface area contributed by atoms with Gasteiger partial charge in [0.2, 0.25) is 0 Å². The predicted octanol–water partition coefficient (Wildman–Crippen LogP) is 0.648. The lowest BCUT2D eigenvalue weighted by Crippen LogP contribution is -2.26. The molecule has 0 bridgehead atoms. The lowest BCUT2D eigenvalue weighted by Gasteiger charge is -2.15. The number of rotatable bonds is 3. The smallest absolute Gasteiger partial charge is 0.0840 e. The Labute approximate surface area is 95.1 Å². The van der Waals surface area contributed by atoms with Crippen LogP contribution in [0, 0.1) is 0 Å². The maximum Gasteiger partial charge on any atom is 0.0840 e. The highest BCUT2D eigenvalue weighted by Gasteiger charge is 2.11. The van der Waals surface area contributed by atoms with Gasteiger partial charge in [-0.1, -0.05) is 6.07 Å². The third-order valence-corrected chi connectivity index (χ3v) is 2.87. The van der Waals surface area contributed by atoms with Crippen LogP contribution in [0.15, 0.2) is 30.1 Å². The number of aliphatic hydroxyl groups is 1. The second kappa shape index (κ2) is 4.55. The summed E-state index contributed by atoms with van der Waals surface area (Å²) in [5.74, 6) is 5.83. The van der Waals surface area contributed by atoms with E-state index < -0.39 is 0 Å². The summed E-state index contributed by atoms with van der Waals surface area (Å²) >= 11 is 0. The molecule has 0 fully saturated rings. The van der Waals surface area contributed by atoms with Crippen LogP contribution < -0.4 is 16.6 Å². The minimum Gasteiger partial charge on any atom is -0.399 e. The number of anilines is 1. The van der Waals surface area contributed by atoms with Crippen LogP contribution in [-0.4, -0.2) is 11.7 Å². The number of aliphatic hydroxyl groups excluding tert-OH is 1. The Bertz CT molecular complexity index is 415. The zero-order valence-electron chi connectivity index (χ0n) is 9.19. The van der Waals surface area contributed by atoms with E-state index in [1.807, 2.05) is 6.07 Å². The average Bonchev–Trinajstić information content (AvgIpc) is 2.75. The first-order valence-corrected chi connectivity index (χ1v) is 5.43. The number of hydrogen-bond acceptors (Lipinski definition) is 4. The van der Waals surface area contributed by atoms with Gasteiger partial charge in [0, 0.05) is 6.20 Å². The maximum absolute atomic E-state index is 8.81. The van der Waals surface area contributed by atoms with Gasteiger partial charge in [-0.3, -0.25) is 5.01 Å². The fourth-order valence-corrected chi connectivity index (χ4v) is 2.01. The molecule has 0 aromatic heterocycles. The second-order valence-corrected chi connectivity index (χ2v) is 4.08. The molecular formula is C12H17N3O. The van der Waals surface area contributed by atoms with Crippen molar-refractivity contribution in [3.8, 4) is 0 Å². The van der Waals surface area contributed by atoms with E-state index in [1.165, 1.54) is 28.8 Å². The van der Waals surface area contributed by atoms with Gasteiger partial charge in [-0.15, -0.1) is 0 Å². The van der Waals surface area contributed by atoms with Gasteiger partial charge in [-0.05, 0) is 42.5 Å². The molecule has 5 N–H and O–H groups in total. The second-order valence-electron chi connectivity index (χ2n) is 4.08. The molecule has 1 aromatic rings. The highest BCUT2D eigenvalue weighted by atomic mass is 16.3. The molecule has 0 heterocycles. The molecule has 0 aliphatic heterocycles. The van der Waals surface area contributed by atoms with Gasteiger partial charge in [-0.2, -0.15) is 0 Å². The van der Waals surface area contributed by atoms with Crippen LogP contribution in [0.2, 0.25) is 0 Å². The molecule has 0 radical (unpaired) electrons. The molecule has 0 unspecified atom stereocenters. The van der Waals surface area contributed by atoms with Crippen molar-refractivity contribution in [1.82, 2.24) is 0 Å². The van der Waals surface area contributed by atoms with Crippen LogP contribution in [0.25, 0.3) is 0 Å². The largest absolute Gasteiger partial charge is 0.399 e. The van der Waals surface area contributed by atoms with E-state index in [-0.39, 0.29) is 6.61 Å². The van der Waals surface area contributed by atoms with Gasteiger partial charge in [0.25, 0.3) is 0 Å². The van der Waals surface area contributed by atoms with Crippen molar-refractivity contribution >= 4 is 5.69 Å². The molecular weight excluding hydrogens is 202 g/mol. The summed E-state index contributed by atoms with van der Waals surface area (Å²) in [6.45, 7) is -0.182. The fourth-order valence-electron chi connectivity index (χ4n) is 2.01. The summed E-state index contributed by atoms with van der Waals surface area (Å²) in [7, 11) is 0. The Hall–Kier alpha value is -1.52. The van der Waals surface area contributed by atoms with Gasteiger partial charge in [-0.25, -0.2) is 5.84 Å². The maximum atomic E-state index is 8.81. The molecule has 0 saturated heterocycles.